The average molecular weight is 247 g/mol. The first-order valence-electron chi connectivity index (χ1n) is 5.10. The van der Waals surface area contributed by atoms with Gasteiger partial charge < -0.3 is 5.11 Å². The Hall–Kier alpha value is -0.920. The molecule has 16 heavy (non-hydrogen) atoms. The number of hydrogen-bond acceptors (Lipinski definition) is 4. The Morgan fingerprint density at radius 1 is 1.62 bits per heavy atom. The topological polar surface area (TPSA) is 95.1 Å². The molecule has 1 rings (SSSR count). The summed E-state index contributed by atoms with van der Waals surface area (Å²) in [4.78, 5) is 0.170. The summed E-state index contributed by atoms with van der Waals surface area (Å²) in [5.74, 6) is 0. The number of hydrogen-bond donors (Lipinski definition) is 3. The van der Waals surface area contributed by atoms with E-state index >= 15 is 0 Å². The number of aliphatic hydroxyl groups is 1. The monoisotopic (exact) mass is 247 g/mol. The van der Waals surface area contributed by atoms with E-state index in [1.54, 1.807) is 13.8 Å². The van der Waals surface area contributed by atoms with Gasteiger partial charge in [0.25, 0.3) is 0 Å². The number of rotatable bonds is 6. The van der Waals surface area contributed by atoms with Crippen LogP contribution in [0.5, 0.6) is 0 Å². The number of aryl methyl sites for hydroxylation is 1. The van der Waals surface area contributed by atoms with Crippen LogP contribution in [0.1, 0.15) is 25.5 Å². The van der Waals surface area contributed by atoms with Crippen molar-refractivity contribution in [2.75, 3.05) is 6.61 Å². The molecule has 6 nitrogen and oxygen atoms in total. The number of nitrogens with zero attached hydrogens (tertiary/aromatic N) is 1. The zero-order valence-electron chi connectivity index (χ0n) is 9.40. The molecule has 0 spiro atoms. The number of aliphatic hydroxyl groups excluding tert-OH is 1. The van der Waals surface area contributed by atoms with E-state index in [1.807, 2.05) is 0 Å². The first-order valence-corrected chi connectivity index (χ1v) is 6.59. The summed E-state index contributed by atoms with van der Waals surface area (Å²) in [7, 11) is -3.50. The second kappa shape index (κ2) is 5.42. The smallest absolute Gasteiger partial charge is 0.244 e. The molecular weight excluding hydrogens is 230 g/mol. The molecule has 0 saturated carbocycles. The van der Waals surface area contributed by atoms with E-state index in [9.17, 15) is 8.42 Å². The summed E-state index contributed by atoms with van der Waals surface area (Å²) in [6.45, 7) is 3.49. The Balaban J connectivity index is 2.69. The molecule has 0 aliphatic heterocycles. The van der Waals surface area contributed by atoms with Crippen molar-refractivity contribution in [1.29, 1.82) is 0 Å². The van der Waals surface area contributed by atoms with Gasteiger partial charge in [0, 0.05) is 12.6 Å². The normalized spacial score (nSPS) is 13.9. The van der Waals surface area contributed by atoms with Crippen molar-refractivity contribution in [3.05, 3.63) is 11.9 Å². The fraction of sp³-hybridized carbons (Fsp3) is 0.667. The molecule has 7 heteroatoms. The van der Waals surface area contributed by atoms with Crippen molar-refractivity contribution in [1.82, 2.24) is 14.9 Å². The Morgan fingerprint density at radius 3 is 2.81 bits per heavy atom. The van der Waals surface area contributed by atoms with Gasteiger partial charge >= 0.3 is 0 Å². The summed E-state index contributed by atoms with van der Waals surface area (Å²) in [6.07, 6.45) is 2.47. The molecule has 0 aliphatic rings. The van der Waals surface area contributed by atoms with Crippen molar-refractivity contribution in [3.63, 3.8) is 0 Å². The first-order chi connectivity index (χ1) is 7.47. The minimum atomic E-state index is -3.50. The molecule has 0 fully saturated rings. The first kappa shape index (κ1) is 13.1. The Bertz CT molecular complexity index is 427. The van der Waals surface area contributed by atoms with Gasteiger partial charge in [-0.15, -0.1) is 0 Å². The van der Waals surface area contributed by atoms with E-state index in [4.69, 9.17) is 5.11 Å². The maximum absolute atomic E-state index is 11.9. The molecular formula is C9H17N3O3S. The Morgan fingerprint density at radius 2 is 2.31 bits per heavy atom. The fourth-order valence-electron chi connectivity index (χ4n) is 1.40. The maximum atomic E-state index is 11.9. The molecule has 1 aromatic heterocycles. The molecule has 1 aromatic rings. The largest absolute Gasteiger partial charge is 0.396 e. The summed E-state index contributed by atoms with van der Waals surface area (Å²) >= 11 is 0. The van der Waals surface area contributed by atoms with Crippen LogP contribution in [0.4, 0.5) is 0 Å². The molecule has 0 amide bonds. The highest BCUT2D eigenvalue weighted by molar-refractivity contribution is 7.89. The van der Waals surface area contributed by atoms with Crippen molar-refractivity contribution in [2.24, 2.45) is 0 Å². The molecule has 0 aliphatic carbocycles. The second-order valence-electron chi connectivity index (χ2n) is 3.75. The zero-order valence-corrected chi connectivity index (χ0v) is 10.2. The van der Waals surface area contributed by atoms with Crippen LogP contribution in [0.2, 0.25) is 0 Å². The molecule has 1 atom stereocenters. The molecule has 3 N–H and O–H groups in total. The van der Waals surface area contributed by atoms with E-state index in [0.717, 1.165) is 0 Å². The van der Waals surface area contributed by atoms with Gasteiger partial charge in [-0.05, 0) is 26.7 Å². The maximum Gasteiger partial charge on any atom is 0.244 e. The van der Waals surface area contributed by atoms with Crippen molar-refractivity contribution < 1.29 is 13.5 Å². The molecule has 1 unspecified atom stereocenters. The second-order valence-corrected chi connectivity index (χ2v) is 5.43. The van der Waals surface area contributed by atoms with Crippen LogP contribution in [-0.4, -0.2) is 36.4 Å². The van der Waals surface area contributed by atoms with Crippen LogP contribution in [0.25, 0.3) is 0 Å². The van der Waals surface area contributed by atoms with E-state index in [0.29, 0.717) is 18.5 Å². The van der Waals surface area contributed by atoms with Crippen LogP contribution in [0.15, 0.2) is 11.1 Å². The van der Waals surface area contributed by atoms with Gasteiger partial charge in [0.2, 0.25) is 10.0 Å². The van der Waals surface area contributed by atoms with Gasteiger partial charge in [0.05, 0.1) is 11.9 Å². The number of aromatic amines is 1. The van der Waals surface area contributed by atoms with E-state index in [2.05, 4.69) is 14.9 Å². The third-order valence-electron chi connectivity index (χ3n) is 2.22. The average Bonchev–Trinajstić information content (AvgIpc) is 2.61. The third kappa shape index (κ3) is 3.29. The van der Waals surface area contributed by atoms with E-state index in [-0.39, 0.29) is 17.5 Å². The Labute approximate surface area is 95.1 Å². The van der Waals surface area contributed by atoms with Crippen LogP contribution >= 0.6 is 0 Å². The molecule has 1 heterocycles. The van der Waals surface area contributed by atoms with Crippen molar-refractivity contribution in [3.8, 4) is 0 Å². The number of sulfonamides is 1. The van der Waals surface area contributed by atoms with Crippen LogP contribution in [0.3, 0.4) is 0 Å². The SMILES string of the molecule is Cc1[nH]ncc1S(=O)(=O)NC(C)CCCO. The lowest BCUT2D eigenvalue weighted by Crippen LogP contribution is -2.32. The highest BCUT2D eigenvalue weighted by atomic mass is 32.2. The van der Waals surface area contributed by atoms with E-state index in [1.165, 1.54) is 6.20 Å². The lowest BCUT2D eigenvalue weighted by Gasteiger charge is -2.12. The predicted octanol–water partition coefficient (Wildman–Crippen LogP) is 0.157. The minimum absolute atomic E-state index is 0.0663. The van der Waals surface area contributed by atoms with Crippen molar-refractivity contribution in [2.45, 2.75) is 37.6 Å². The molecule has 0 bridgehead atoms. The lowest BCUT2D eigenvalue weighted by molar-refractivity contribution is 0.279. The van der Waals surface area contributed by atoms with Crippen LogP contribution in [0, 0.1) is 6.92 Å². The number of H-pyrrole nitrogens is 1. The van der Waals surface area contributed by atoms with Gasteiger partial charge in [0.1, 0.15) is 4.90 Å². The van der Waals surface area contributed by atoms with Gasteiger partial charge in [-0.2, -0.15) is 5.10 Å². The molecule has 0 radical (unpaired) electrons. The molecule has 0 aromatic carbocycles. The Kier molecular flexibility index (Phi) is 4.45. The lowest BCUT2D eigenvalue weighted by atomic mass is 10.2. The quantitative estimate of drug-likeness (QED) is 0.667. The predicted molar refractivity (Wildman–Crippen MR) is 59.4 cm³/mol. The highest BCUT2D eigenvalue weighted by Gasteiger charge is 2.20. The highest BCUT2D eigenvalue weighted by Crippen LogP contribution is 2.12. The van der Waals surface area contributed by atoms with Crippen LogP contribution in [-0.2, 0) is 10.0 Å². The van der Waals surface area contributed by atoms with Gasteiger partial charge in [0.15, 0.2) is 0 Å². The third-order valence-corrected chi connectivity index (χ3v) is 3.93. The standard InChI is InChI=1S/C9H17N3O3S/c1-7(4-3-5-13)12-16(14,15)9-6-10-11-8(9)2/h6-7,12-13H,3-5H2,1-2H3,(H,10,11). The van der Waals surface area contributed by atoms with Gasteiger partial charge in [-0.25, -0.2) is 13.1 Å². The molecule has 92 valence electrons. The fourth-order valence-corrected chi connectivity index (χ4v) is 2.81. The summed E-state index contributed by atoms with van der Waals surface area (Å²) in [6, 6.07) is -0.202. The number of aromatic nitrogens is 2. The van der Waals surface area contributed by atoms with E-state index < -0.39 is 10.0 Å². The van der Waals surface area contributed by atoms with Crippen molar-refractivity contribution >= 4 is 10.0 Å². The molecule has 0 saturated heterocycles. The summed E-state index contributed by atoms with van der Waals surface area (Å²) < 4.78 is 26.2. The summed E-state index contributed by atoms with van der Waals surface area (Å²) in [5.41, 5.74) is 0.516. The summed E-state index contributed by atoms with van der Waals surface area (Å²) in [5, 5.41) is 14.9. The zero-order chi connectivity index (χ0) is 12.2. The van der Waals surface area contributed by atoms with Crippen LogP contribution < -0.4 is 4.72 Å². The van der Waals surface area contributed by atoms with Gasteiger partial charge in [-0.1, -0.05) is 0 Å². The van der Waals surface area contributed by atoms with Gasteiger partial charge in [-0.3, -0.25) is 5.10 Å². The minimum Gasteiger partial charge on any atom is -0.396 e. The number of nitrogens with one attached hydrogen (secondary N) is 2.